The van der Waals surface area contributed by atoms with Gasteiger partial charge >= 0.3 is 35.8 Å². The maximum atomic E-state index is 14.0. The molecule has 2 aliphatic carbocycles. The molecule has 2 saturated carbocycles. The predicted octanol–water partition coefficient (Wildman–Crippen LogP) is 3.11. The second-order valence-electron chi connectivity index (χ2n) is 13.9. The Morgan fingerprint density at radius 3 is 1.65 bits per heavy atom. The highest BCUT2D eigenvalue weighted by Crippen LogP contribution is 2.69. The minimum atomic E-state index is -2.30. The van der Waals surface area contributed by atoms with Crippen molar-refractivity contribution in [2.75, 3.05) is 6.61 Å². The third-order valence-corrected chi connectivity index (χ3v) is 9.96. The highest BCUT2D eigenvalue weighted by Gasteiger charge is 2.89. The van der Waals surface area contributed by atoms with Crippen molar-refractivity contribution in [3.63, 3.8) is 0 Å². The average molecular weight is 711 g/mol. The molecular weight excluding hydrogens is 668 g/mol. The number of hydrogen-bond acceptors (Lipinski definition) is 14. The molecule has 274 valence electrons. The second-order valence-corrected chi connectivity index (χ2v) is 13.9. The van der Waals surface area contributed by atoms with Crippen molar-refractivity contribution in [3.05, 3.63) is 71.8 Å². The van der Waals surface area contributed by atoms with Crippen LogP contribution in [0.25, 0.3) is 0 Å². The summed E-state index contributed by atoms with van der Waals surface area (Å²) in [6.45, 7) is 8.15. The predicted molar refractivity (Wildman–Crippen MR) is 174 cm³/mol. The largest absolute Gasteiger partial charge is 0.465 e. The molecule has 1 heterocycles. The van der Waals surface area contributed by atoms with Gasteiger partial charge in [0.25, 0.3) is 0 Å². The molecule has 2 bridgehead atoms. The van der Waals surface area contributed by atoms with Crippen molar-refractivity contribution in [2.45, 2.75) is 102 Å². The SMILES string of the molecule is CC(=O)OC[C@]12[C@@H](OC(=O)c3ccccc3)[C@@H](OC(C)=O)[C@@H]3[C@@H](OC(C)=O)[C@]1(OC3(C)C)[C@@](C)(O)C[C@H](OC(=O)c1ccccc1)[C@@H]2OC(C)=O. The van der Waals surface area contributed by atoms with E-state index in [0.717, 1.165) is 27.7 Å². The maximum absolute atomic E-state index is 14.0. The van der Waals surface area contributed by atoms with Gasteiger partial charge in [-0.1, -0.05) is 36.4 Å². The van der Waals surface area contributed by atoms with Gasteiger partial charge in [-0.3, -0.25) is 19.2 Å². The van der Waals surface area contributed by atoms with Gasteiger partial charge in [-0.25, -0.2) is 9.59 Å². The third-order valence-electron chi connectivity index (χ3n) is 9.96. The Morgan fingerprint density at radius 2 is 1.16 bits per heavy atom. The van der Waals surface area contributed by atoms with E-state index >= 15 is 0 Å². The third kappa shape index (κ3) is 6.46. The van der Waals surface area contributed by atoms with E-state index < -0.39 is 107 Å². The van der Waals surface area contributed by atoms with E-state index in [1.807, 2.05) is 0 Å². The van der Waals surface area contributed by atoms with Crippen molar-refractivity contribution in [1.82, 2.24) is 0 Å². The van der Waals surface area contributed by atoms with Crippen molar-refractivity contribution in [3.8, 4) is 0 Å². The number of ether oxygens (including phenoxy) is 7. The fourth-order valence-electron chi connectivity index (χ4n) is 8.38. The van der Waals surface area contributed by atoms with Crippen LogP contribution in [-0.2, 0) is 52.3 Å². The molecule has 3 fully saturated rings. The van der Waals surface area contributed by atoms with Crippen LogP contribution in [0.4, 0.5) is 0 Å². The van der Waals surface area contributed by atoms with E-state index in [9.17, 15) is 33.9 Å². The standard InChI is InChI=1S/C37H42O14/c1-20(38)45-19-36-29(47-22(3)40)26(49-32(42)24-14-10-8-11-15-24)18-35(7,44)37(36)30(48-23(4)41)27(34(5,6)51-37)28(46-21(2)39)31(36)50-33(43)25-16-12-9-13-17-25/h8-17,26-31,44H,18-19H2,1-7H3/t26-,27+,28-,29-,30+,31-,35-,36-,37-/m0/s1. The molecule has 2 aromatic rings. The van der Waals surface area contributed by atoms with E-state index in [1.54, 1.807) is 50.2 Å². The quantitative estimate of drug-likeness (QED) is 0.295. The Balaban J connectivity index is 1.87. The first-order chi connectivity index (χ1) is 23.9. The number of fused-ring (bicyclic) bond motifs is 1. The van der Waals surface area contributed by atoms with Crippen LogP contribution < -0.4 is 0 Å². The first-order valence-corrected chi connectivity index (χ1v) is 16.5. The normalized spacial score (nSPS) is 33.1. The number of carbonyl (C=O) groups excluding carboxylic acids is 6. The molecule has 1 spiro atoms. The fourth-order valence-corrected chi connectivity index (χ4v) is 8.38. The van der Waals surface area contributed by atoms with E-state index in [4.69, 9.17) is 33.2 Å². The number of aliphatic hydroxyl groups is 1. The van der Waals surface area contributed by atoms with Gasteiger partial charge in [0.15, 0.2) is 17.8 Å². The van der Waals surface area contributed by atoms with Gasteiger partial charge in [0, 0.05) is 34.1 Å². The first-order valence-electron chi connectivity index (χ1n) is 16.5. The summed E-state index contributed by atoms with van der Waals surface area (Å²) in [5.41, 5.74) is -7.99. The van der Waals surface area contributed by atoms with Crippen LogP contribution in [0.3, 0.4) is 0 Å². The number of carbonyl (C=O) groups is 6. The summed E-state index contributed by atoms with van der Waals surface area (Å²) < 4.78 is 42.8. The Labute approximate surface area is 294 Å². The number of hydrogen-bond donors (Lipinski definition) is 1. The lowest BCUT2D eigenvalue weighted by Crippen LogP contribution is -2.85. The molecular formula is C37H42O14. The first kappa shape index (κ1) is 37.4. The minimum Gasteiger partial charge on any atom is -0.465 e. The second kappa shape index (κ2) is 13.7. The summed E-state index contributed by atoms with van der Waals surface area (Å²) in [6.07, 6.45) is -8.56. The van der Waals surface area contributed by atoms with Crippen LogP contribution in [0.15, 0.2) is 60.7 Å². The van der Waals surface area contributed by atoms with E-state index in [1.165, 1.54) is 31.2 Å². The van der Waals surface area contributed by atoms with Crippen molar-refractivity contribution < 1.29 is 67.0 Å². The molecule has 3 aliphatic rings. The van der Waals surface area contributed by atoms with Crippen LogP contribution in [0.1, 0.15) is 75.6 Å². The molecule has 14 heteroatoms. The molecule has 1 saturated heterocycles. The molecule has 0 radical (unpaired) electrons. The molecule has 0 aromatic heterocycles. The zero-order chi connectivity index (χ0) is 37.5. The monoisotopic (exact) mass is 710 g/mol. The van der Waals surface area contributed by atoms with Gasteiger partial charge in [0.05, 0.1) is 28.2 Å². The summed E-state index contributed by atoms with van der Waals surface area (Å²) in [5.74, 6) is -6.31. The summed E-state index contributed by atoms with van der Waals surface area (Å²) in [7, 11) is 0. The molecule has 1 N–H and O–H groups in total. The lowest BCUT2D eigenvalue weighted by molar-refractivity contribution is -0.362. The zero-order valence-electron chi connectivity index (χ0n) is 29.4. The Hall–Kier alpha value is -4.82. The lowest BCUT2D eigenvalue weighted by Gasteiger charge is -2.66. The minimum absolute atomic E-state index is 0.0732. The van der Waals surface area contributed by atoms with Gasteiger partial charge < -0.3 is 38.3 Å². The number of rotatable bonds is 9. The van der Waals surface area contributed by atoms with Crippen molar-refractivity contribution in [2.24, 2.45) is 11.3 Å². The summed E-state index contributed by atoms with van der Waals surface area (Å²) in [4.78, 5) is 79.2. The summed E-state index contributed by atoms with van der Waals surface area (Å²) >= 11 is 0. The lowest BCUT2D eigenvalue weighted by atomic mass is 9.45. The smallest absolute Gasteiger partial charge is 0.338 e. The molecule has 2 aromatic carbocycles. The summed E-state index contributed by atoms with van der Waals surface area (Å²) in [6, 6.07) is 15.7. The van der Waals surface area contributed by atoms with Gasteiger partial charge in [0.1, 0.15) is 30.3 Å². The van der Waals surface area contributed by atoms with Crippen LogP contribution in [0.2, 0.25) is 0 Å². The molecule has 14 nitrogen and oxygen atoms in total. The number of esters is 6. The van der Waals surface area contributed by atoms with Crippen LogP contribution >= 0.6 is 0 Å². The topological polar surface area (TPSA) is 187 Å². The maximum Gasteiger partial charge on any atom is 0.338 e. The van der Waals surface area contributed by atoms with Crippen LogP contribution in [0.5, 0.6) is 0 Å². The van der Waals surface area contributed by atoms with Gasteiger partial charge in [0.2, 0.25) is 0 Å². The molecule has 9 atom stereocenters. The molecule has 0 amide bonds. The van der Waals surface area contributed by atoms with E-state index in [2.05, 4.69) is 0 Å². The fraction of sp³-hybridized carbons (Fsp3) is 0.514. The van der Waals surface area contributed by atoms with Gasteiger partial charge in [-0.2, -0.15) is 0 Å². The molecule has 5 rings (SSSR count). The molecule has 0 unspecified atom stereocenters. The Bertz CT molecular complexity index is 1690. The Morgan fingerprint density at radius 1 is 0.667 bits per heavy atom. The van der Waals surface area contributed by atoms with Gasteiger partial charge in [-0.05, 0) is 45.0 Å². The van der Waals surface area contributed by atoms with Crippen LogP contribution in [0, 0.1) is 11.3 Å². The van der Waals surface area contributed by atoms with Crippen molar-refractivity contribution >= 4 is 35.8 Å². The van der Waals surface area contributed by atoms with Crippen LogP contribution in [-0.4, -0.2) is 94.9 Å². The average Bonchev–Trinajstić information content (AvgIpc) is 3.24. The van der Waals surface area contributed by atoms with Crippen molar-refractivity contribution in [1.29, 1.82) is 0 Å². The van der Waals surface area contributed by atoms with Gasteiger partial charge in [-0.15, -0.1) is 0 Å². The van der Waals surface area contributed by atoms with E-state index in [0.29, 0.717) is 0 Å². The Kier molecular flexibility index (Phi) is 10.1. The highest BCUT2D eigenvalue weighted by atomic mass is 16.7. The van der Waals surface area contributed by atoms with E-state index in [-0.39, 0.29) is 11.1 Å². The molecule has 51 heavy (non-hydrogen) atoms. The highest BCUT2D eigenvalue weighted by molar-refractivity contribution is 5.90. The number of benzene rings is 2. The summed E-state index contributed by atoms with van der Waals surface area (Å²) in [5, 5.41) is 12.8. The molecule has 1 aliphatic heterocycles. The zero-order valence-corrected chi connectivity index (χ0v) is 29.4.